The second-order valence-corrected chi connectivity index (χ2v) is 7.09. The molecule has 2 N–H and O–H groups in total. The number of piperidine rings is 1. The first-order valence-corrected chi connectivity index (χ1v) is 10.8. The molecule has 1 saturated heterocycles. The first-order chi connectivity index (χ1) is 13.7. The SMILES string of the molecule is CCNC(=NCC(c1ccco1)N1CCCCC1)NCCC(=O)N(CC)CC.I. The van der Waals surface area contributed by atoms with Crippen molar-refractivity contribution < 1.29 is 9.21 Å². The fourth-order valence-electron chi connectivity index (χ4n) is 3.64. The maximum absolute atomic E-state index is 12.2. The van der Waals surface area contributed by atoms with E-state index in [0.717, 1.165) is 44.4 Å². The van der Waals surface area contributed by atoms with Gasteiger partial charge < -0.3 is 20.0 Å². The van der Waals surface area contributed by atoms with Crippen molar-refractivity contribution in [2.75, 3.05) is 45.8 Å². The molecule has 0 radical (unpaired) electrons. The Labute approximate surface area is 192 Å². The number of hydrogen-bond acceptors (Lipinski definition) is 4. The van der Waals surface area contributed by atoms with Gasteiger partial charge in [0.25, 0.3) is 0 Å². The number of nitrogens with zero attached hydrogens (tertiary/aromatic N) is 3. The number of guanidine groups is 1. The van der Waals surface area contributed by atoms with E-state index in [0.29, 0.717) is 19.5 Å². The Balaban J connectivity index is 0.00000420. The molecule has 0 bridgehead atoms. The van der Waals surface area contributed by atoms with Gasteiger partial charge >= 0.3 is 0 Å². The lowest BCUT2D eigenvalue weighted by Crippen LogP contribution is -2.41. The van der Waals surface area contributed by atoms with Crippen LogP contribution in [0.25, 0.3) is 0 Å². The van der Waals surface area contributed by atoms with Crippen LogP contribution in [0.5, 0.6) is 0 Å². The summed E-state index contributed by atoms with van der Waals surface area (Å²) in [5.41, 5.74) is 0. The molecular formula is C21H38IN5O2. The Hall–Kier alpha value is -1.29. The number of carbonyl (C=O) groups is 1. The number of likely N-dealkylation sites (tertiary alicyclic amines) is 1. The lowest BCUT2D eigenvalue weighted by atomic mass is 10.1. The zero-order valence-electron chi connectivity index (χ0n) is 18.2. The lowest BCUT2D eigenvalue weighted by Gasteiger charge is -2.32. The minimum absolute atomic E-state index is 0. The van der Waals surface area contributed by atoms with Crippen LogP contribution >= 0.6 is 24.0 Å². The molecule has 1 unspecified atom stereocenters. The maximum atomic E-state index is 12.2. The summed E-state index contributed by atoms with van der Waals surface area (Å²) in [4.78, 5) is 21.3. The molecule has 2 rings (SSSR count). The average molecular weight is 519 g/mol. The number of rotatable bonds is 10. The molecule has 1 aliphatic heterocycles. The van der Waals surface area contributed by atoms with Gasteiger partial charge in [-0.1, -0.05) is 6.42 Å². The summed E-state index contributed by atoms with van der Waals surface area (Å²) in [6, 6.07) is 4.14. The van der Waals surface area contributed by atoms with E-state index in [1.54, 1.807) is 6.26 Å². The van der Waals surface area contributed by atoms with E-state index in [2.05, 4.69) is 15.5 Å². The summed E-state index contributed by atoms with van der Waals surface area (Å²) in [5.74, 6) is 1.90. The van der Waals surface area contributed by atoms with Gasteiger partial charge in [0.2, 0.25) is 5.91 Å². The van der Waals surface area contributed by atoms with E-state index < -0.39 is 0 Å². The number of nitrogens with one attached hydrogen (secondary N) is 2. The quantitative estimate of drug-likeness (QED) is 0.282. The van der Waals surface area contributed by atoms with Gasteiger partial charge in [-0.15, -0.1) is 24.0 Å². The average Bonchev–Trinajstić information content (AvgIpc) is 3.24. The van der Waals surface area contributed by atoms with Crippen LogP contribution in [-0.2, 0) is 4.79 Å². The first-order valence-electron chi connectivity index (χ1n) is 10.8. The summed E-state index contributed by atoms with van der Waals surface area (Å²) in [6.07, 6.45) is 5.97. The Morgan fingerprint density at radius 2 is 1.93 bits per heavy atom. The molecule has 1 atom stereocenters. The third-order valence-corrected chi connectivity index (χ3v) is 5.22. The van der Waals surface area contributed by atoms with E-state index in [1.807, 2.05) is 37.8 Å². The molecule has 1 fully saturated rings. The van der Waals surface area contributed by atoms with E-state index in [9.17, 15) is 4.79 Å². The van der Waals surface area contributed by atoms with Crippen LogP contribution in [-0.4, -0.2) is 67.5 Å². The normalized spacial score (nSPS) is 16.0. The molecule has 1 amide bonds. The summed E-state index contributed by atoms with van der Waals surface area (Å²) < 4.78 is 5.70. The molecule has 8 heteroatoms. The van der Waals surface area contributed by atoms with Gasteiger partial charge in [0.15, 0.2) is 5.96 Å². The molecule has 1 aromatic rings. The minimum Gasteiger partial charge on any atom is -0.468 e. The summed E-state index contributed by atoms with van der Waals surface area (Å²) in [7, 11) is 0. The fourth-order valence-corrected chi connectivity index (χ4v) is 3.64. The molecular weight excluding hydrogens is 481 g/mol. The largest absolute Gasteiger partial charge is 0.468 e. The molecule has 166 valence electrons. The topological polar surface area (TPSA) is 73.1 Å². The highest BCUT2D eigenvalue weighted by Gasteiger charge is 2.24. The van der Waals surface area contributed by atoms with E-state index in [1.165, 1.54) is 19.3 Å². The summed E-state index contributed by atoms with van der Waals surface area (Å²) in [5, 5.41) is 6.58. The number of aliphatic imine (C=N–C) groups is 1. The minimum atomic E-state index is 0. The van der Waals surface area contributed by atoms with Gasteiger partial charge in [-0.2, -0.15) is 0 Å². The predicted molar refractivity (Wildman–Crippen MR) is 129 cm³/mol. The number of furan rings is 1. The van der Waals surface area contributed by atoms with Crippen LogP contribution in [0.3, 0.4) is 0 Å². The molecule has 7 nitrogen and oxygen atoms in total. The second kappa shape index (κ2) is 14.7. The van der Waals surface area contributed by atoms with Crippen molar-refractivity contribution >= 4 is 35.8 Å². The molecule has 0 spiro atoms. The number of amides is 1. The third-order valence-electron chi connectivity index (χ3n) is 5.22. The zero-order valence-corrected chi connectivity index (χ0v) is 20.5. The van der Waals surface area contributed by atoms with Crippen molar-refractivity contribution in [3.8, 4) is 0 Å². The summed E-state index contributed by atoms with van der Waals surface area (Å²) in [6.45, 7) is 11.7. The highest BCUT2D eigenvalue weighted by Crippen LogP contribution is 2.25. The molecule has 1 aliphatic rings. The Bertz CT molecular complexity index is 584. The van der Waals surface area contributed by atoms with Crippen molar-refractivity contribution in [1.29, 1.82) is 0 Å². The predicted octanol–water partition coefficient (Wildman–Crippen LogP) is 3.24. The van der Waals surface area contributed by atoms with Gasteiger partial charge in [0, 0.05) is 32.6 Å². The third kappa shape index (κ3) is 8.54. The molecule has 0 aromatic carbocycles. The van der Waals surface area contributed by atoms with E-state index in [-0.39, 0.29) is 35.9 Å². The smallest absolute Gasteiger partial charge is 0.224 e. The van der Waals surface area contributed by atoms with Gasteiger partial charge in [-0.05, 0) is 58.8 Å². The van der Waals surface area contributed by atoms with Crippen LogP contribution in [0, 0.1) is 0 Å². The van der Waals surface area contributed by atoms with Gasteiger partial charge in [-0.3, -0.25) is 14.7 Å². The number of hydrogen-bond donors (Lipinski definition) is 2. The van der Waals surface area contributed by atoms with Crippen molar-refractivity contribution in [3.05, 3.63) is 24.2 Å². The Kier molecular flexibility index (Phi) is 13.0. The van der Waals surface area contributed by atoms with Gasteiger partial charge in [0.1, 0.15) is 5.76 Å². The highest BCUT2D eigenvalue weighted by atomic mass is 127. The molecule has 0 saturated carbocycles. The maximum Gasteiger partial charge on any atom is 0.224 e. The second-order valence-electron chi connectivity index (χ2n) is 7.09. The lowest BCUT2D eigenvalue weighted by molar-refractivity contribution is -0.130. The molecule has 29 heavy (non-hydrogen) atoms. The van der Waals surface area contributed by atoms with Crippen LogP contribution in [0.4, 0.5) is 0 Å². The van der Waals surface area contributed by atoms with Crippen molar-refractivity contribution in [2.45, 2.75) is 52.5 Å². The van der Waals surface area contributed by atoms with Crippen LogP contribution in [0.2, 0.25) is 0 Å². The van der Waals surface area contributed by atoms with Crippen LogP contribution < -0.4 is 10.6 Å². The molecule has 1 aromatic heterocycles. The monoisotopic (exact) mass is 519 g/mol. The highest BCUT2D eigenvalue weighted by molar-refractivity contribution is 14.0. The van der Waals surface area contributed by atoms with E-state index >= 15 is 0 Å². The fraction of sp³-hybridized carbons (Fsp3) is 0.714. The van der Waals surface area contributed by atoms with Gasteiger partial charge in [0.05, 0.1) is 18.8 Å². The Morgan fingerprint density at radius 3 is 2.52 bits per heavy atom. The number of halogens is 1. The molecule has 2 heterocycles. The van der Waals surface area contributed by atoms with Crippen LogP contribution in [0.15, 0.2) is 27.8 Å². The van der Waals surface area contributed by atoms with Gasteiger partial charge in [-0.25, -0.2) is 0 Å². The van der Waals surface area contributed by atoms with Crippen LogP contribution in [0.1, 0.15) is 58.3 Å². The first kappa shape index (κ1) is 25.7. The van der Waals surface area contributed by atoms with E-state index in [4.69, 9.17) is 9.41 Å². The number of carbonyl (C=O) groups excluding carboxylic acids is 1. The summed E-state index contributed by atoms with van der Waals surface area (Å²) >= 11 is 0. The zero-order chi connectivity index (χ0) is 20.2. The van der Waals surface area contributed by atoms with Crippen molar-refractivity contribution in [1.82, 2.24) is 20.4 Å². The van der Waals surface area contributed by atoms with Crippen molar-refractivity contribution in [2.24, 2.45) is 4.99 Å². The Morgan fingerprint density at radius 1 is 1.21 bits per heavy atom. The molecule has 0 aliphatic carbocycles. The standard InChI is InChI=1S/C21H37N5O2.HI/c1-4-22-21(23-13-12-20(27)25(5-2)6-3)24-17-18(19-11-10-16-28-19)26-14-8-7-9-15-26;/h10-11,16,18H,4-9,12-15,17H2,1-3H3,(H2,22,23,24);1H. The van der Waals surface area contributed by atoms with Crippen molar-refractivity contribution in [3.63, 3.8) is 0 Å².